The van der Waals surface area contributed by atoms with Crippen LogP contribution in [0.2, 0.25) is 0 Å². The summed E-state index contributed by atoms with van der Waals surface area (Å²) in [4.78, 5) is 12.5. The van der Waals surface area contributed by atoms with Crippen molar-refractivity contribution in [2.75, 3.05) is 6.54 Å². The largest absolute Gasteiger partial charge is 0.333 e. The van der Waals surface area contributed by atoms with Crippen molar-refractivity contribution in [3.05, 3.63) is 0 Å². The van der Waals surface area contributed by atoms with Crippen LogP contribution in [0.5, 0.6) is 0 Å². The Hall–Kier alpha value is -0.770. The molecule has 4 heteroatoms. The van der Waals surface area contributed by atoms with Crippen LogP contribution in [0.3, 0.4) is 0 Å². The van der Waals surface area contributed by atoms with Crippen molar-refractivity contribution in [3.8, 4) is 0 Å². The second-order valence-electron chi connectivity index (χ2n) is 11.3. The van der Waals surface area contributed by atoms with Gasteiger partial charge < -0.3 is 10.6 Å². The van der Waals surface area contributed by atoms with Crippen LogP contribution in [0.1, 0.15) is 89.5 Å². The Balaban J connectivity index is 4.74. The van der Waals surface area contributed by atoms with Crippen LogP contribution in [0.15, 0.2) is 0 Å². The van der Waals surface area contributed by atoms with Gasteiger partial charge in [0, 0.05) is 12.1 Å². The molecule has 0 atom stereocenters. The van der Waals surface area contributed by atoms with E-state index in [0.717, 1.165) is 13.0 Å². The number of hydrogen-bond acceptors (Lipinski definition) is 2. The lowest BCUT2D eigenvalue weighted by Gasteiger charge is -2.44. The average molecular weight is 342 g/mol. The smallest absolute Gasteiger partial charge is 0.316 e. The highest BCUT2D eigenvalue weighted by Gasteiger charge is 2.38. The van der Waals surface area contributed by atoms with E-state index in [9.17, 15) is 4.79 Å². The third-order valence-electron chi connectivity index (χ3n) is 4.85. The lowest BCUT2D eigenvalue weighted by atomic mass is 9.64. The van der Waals surface area contributed by atoms with Crippen molar-refractivity contribution >= 4 is 6.03 Å². The summed E-state index contributed by atoms with van der Waals surface area (Å²) < 4.78 is 0. The molecule has 0 heterocycles. The number of carbonyl (C=O) groups is 1. The molecule has 24 heavy (non-hydrogen) atoms. The van der Waals surface area contributed by atoms with Gasteiger partial charge >= 0.3 is 6.03 Å². The molecule has 2 amide bonds. The average Bonchev–Trinajstić information content (AvgIpc) is 2.20. The molecule has 0 rings (SSSR count). The molecule has 0 aliphatic heterocycles. The van der Waals surface area contributed by atoms with Crippen molar-refractivity contribution in [2.45, 2.75) is 101 Å². The molecule has 0 unspecified atom stereocenters. The molecule has 0 aliphatic carbocycles. The van der Waals surface area contributed by atoms with E-state index in [-0.39, 0.29) is 27.8 Å². The van der Waals surface area contributed by atoms with Crippen LogP contribution in [0, 0.1) is 16.2 Å². The summed E-state index contributed by atoms with van der Waals surface area (Å²) in [6, 6.07) is -0.129. The quantitative estimate of drug-likeness (QED) is 0.602. The molecule has 0 radical (unpaired) electrons. The normalized spacial score (nSPS) is 14.5. The van der Waals surface area contributed by atoms with E-state index in [1.807, 2.05) is 13.8 Å². The molecule has 0 aromatic rings. The Morgan fingerprint density at radius 3 is 1.58 bits per heavy atom. The molecule has 144 valence electrons. The number of rotatable bonds is 6. The van der Waals surface area contributed by atoms with Crippen LogP contribution in [0.4, 0.5) is 4.79 Å². The van der Waals surface area contributed by atoms with E-state index in [4.69, 9.17) is 0 Å². The van der Waals surface area contributed by atoms with Gasteiger partial charge in [-0.25, -0.2) is 4.79 Å². The topological polar surface area (TPSA) is 53.2 Å². The molecule has 0 aliphatic rings. The maximum absolute atomic E-state index is 12.5. The SMILES string of the molecule is CC(C)(C)CNC(C)(C)NC(=O)NC(C)(C)CC(C)(C)C(C)(C)C. The minimum atomic E-state index is -0.451. The number of hydrogen-bond donors (Lipinski definition) is 3. The van der Waals surface area contributed by atoms with Gasteiger partial charge in [0.05, 0.1) is 5.66 Å². The number of amides is 2. The van der Waals surface area contributed by atoms with E-state index in [1.165, 1.54) is 0 Å². The lowest BCUT2D eigenvalue weighted by Crippen LogP contribution is -2.61. The molecular weight excluding hydrogens is 298 g/mol. The van der Waals surface area contributed by atoms with Gasteiger partial charge in [-0.05, 0) is 50.4 Å². The molecule has 0 saturated carbocycles. The predicted molar refractivity (Wildman–Crippen MR) is 105 cm³/mol. The summed E-state index contributed by atoms with van der Waals surface area (Å²) in [7, 11) is 0. The Kier molecular flexibility index (Phi) is 7.00. The summed E-state index contributed by atoms with van der Waals surface area (Å²) in [5.41, 5.74) is -0.265. The van der Waals surface area contributed by atoms with E-state index in [2.05, 4.69) is 85.2 Å². The second kappa shape index (κ2) is 7.23. The van der Waals surface area contributed by atoms with Gasteiger partial charge in [0.15, 0.2) is 0 Å². The summed E-state index contributed by atoms with van der Waals surface area (Å²) in [5, 5.41) is 9.61. The molecule has 4 nitrogen and oxygen atoms in total. The first-order valence-electron chi connectivity index (χ1n) is 9.12. The summed E-state index contributed by atoms with van der Waals surface area (Å²) in [5.74, 6) is 0. The highest BCUT2D eigenvalue weighted by Crippen LogP contribution is 2.43. The van der Waals surface area contributed by atoms with Crippen LogP contribution >= 0.6 is 0 Å². The van der Waals surface area contributed by atoms with Crippen LogP contribution in [-0.2, 0) is 0 Å². The number of nitrogens with one attached hydrogen (secondary N) is 3. The van der Waals surface area contributed by atoms with Crippen LogP contribution < -0.4 is 16.0 Å². The molecule has 3 N–H and O–H groups in total. The zero-order valence-electron chi connectivity index (χ0n) is 18.3. The molecule has 0 bridgehead atoms. The van der Waals surface area contributed by atoms with Crippen molar-refractivity contribution in [1.29, 1.82) is 0 Å². The maximum Gasteiger partial charge on any atom is 0.316 e. The van der Waals surface area contributed by atoms with Crippen molar-refractivity contribution < 1.29 is 4.79 Å². The maximum atomic E-state index is 12.5. The van der Waals surface area contributed by atoms with Gasteiger partial charge in [0.1, 0.15) is 0 Å². The minimum Gasteiger partial charge on any atom is -0.333 e. The Bertz CT molecular complexity index is 423. The fourth-order valence-corrected chi connectivity index (χ4v) is 2.57. The summed E-state index contributed by atoms with van der Waals surface area (Å²) in [6.07, 6.45) is 0.909. The Labute approximate surface area is 150 Å². The van der Waals surface area contributed by atoms with Gasteiger partial charge in [-0.1, -0.05) is 55.4 Å². The minimum absolute atomic E-state index is 0.115. The fraction of sp³-hybridized carbons (Fsp3) is 0.950. The van der Waals surface area contributed by atoms with Crippen LogP contribution in [0.25, 0.3) is 0 Å². The molecule has 0 aromatic heterocycles. The van der Waals surface area contributed by atoms with E-state index in [1.54, 1.807) is 0 Å². The van der Waals surface area contributed by atoms with E-state index in [0.29, 0.717) is 0 Å². The standard InChI is InChI=1S/C20H43N3O/c1-16(2,3)14-21-20(11,12)23-15(24)22-19(9,10)13-18(7,8)17(4,5)6/h21H,13-14H2,1-12H3,(H2,22,23,24). The highest BCUT2D eigenvalue weighted by molar-refractivity contribution is 5.75. The highest BCUT2D eigenvalue weighted by atomic mass is 16.2. The molecule has 0 aromatic carbocycles. The molecule has 0 spiro atoms. The predicted octanol–water partition coefficient (Wildman–Crippen LogP) is 4.90. The van der Waals surface area contributed by atoms with E-state index >= 15 is 0 Å². The van der Waals surface area contributed by atoms with Crippen molar-refractivity contribution in [1.82, 2.24) is 16.0 Å². The first-order valence-corrected chi connectivity index (χ1v) is 9.12. The summed E-state index contributed by atoms with van der Waals surface area (Å²) in [6.45, 7) is 26.8. The van der Waals surface area contributed by atoms with Gasteiger partial charge in [0.2, 0.25) is 0 Å². The zero-order chi connectivity index (χ0) is 19.6. The Morgan fingerprint density at radius 1 is 0.750 bits per heavy atom. The molecule has 0 fully saturated rings. The van der Waals surface area contributed by atoms with Crippen molar-refractivity contribution in [3.63, 3.8) is 0 Å². The molecular formula is C20H43N3O. The second-order valence-corrected chi connectivity index (χ2v) is 11.3. The zero-order valence-corrected chi connectivity index (χ0v) is 18.3. The van der Waals surface area contributed by atoms with Gasteiger partial charge in [0.25, 0.3) is 0 Å². The van der Waals surface area contributed by atoms with Gasteiger partial charge in [-0.3, -0.25) is 5.32 Å². The van der Waals surface area contributed by atoms with Gasteiger partial charge in [-0.15, -0.1) is 0 Å². The molecule has 0 saturated heterocycles. The monoisotopic (exact) mass is 341 g/mol. The first kappa shape index (κ1) is 23.2. The number of urea groups is 1. The first-order chi connectivity index (χ1) is 10.3. The van der Waals surface area contributed by atoms with E-state index < -0.39 is 5.66 Å². The van der Waals surface area contributed by atoms with Crippen LogP contribution in [-0.4, -0.2) is 23.8 Å². The third kappa shape index (κ3) is 8.91. The Morgan fingerprint density at radius 2 is 1.21 bits per heavy atom. The lowest BCUT2D eigenvalue weighted by molar-refractivity contribution is 0.0846. The fourth-order valence-electron chi connectivity index (χ4n) is 2.57. The van der Waals surface area contributed by atoms with Crippen molar-refractivity contribution in [2.24, 2.45) is 16.2 Å². The third-order valence-corrected chi connectivity index (χ3v) is 4.85. The van der Waals surface area contributed by atoms with Gasteiger partial charge in [-0.2, -0.15) is 0 Å². The number of carbonyl (C=O) groups excluding carboxylic acids is 1. The summed E-state index contributed by atoms with van der Waals surface area (Å²) >= 11 is 0.